The Bertz CT molecular complexity index is 762. The number of hydrogen-bond donors (Lipinski definition) is 1. The van der Waals surface area contributed by atoms with E-state index in [9.17, 15) is 0 Å². The first kappa shape index (κ1) is 15.4. The summed E-state index contributed by atoms with van der Waals surface area (Å²) < 4.78 is 5.26. The number of nitrogens with zero attached hydrogens (tertiary/aromatic N) is 4. The van der Waals surface area contributed by atoms with Crippen LogP contribution in [0.5, 0.6) is 0 Å². The van der Waals surface area contributed by atoms with Crippen LogP contribution in [0, 0.1) is 0 Å². The Morgan fingerprint density at radius 3 is 2.83 bits per heavy atom. The van der Waals surface area contributed by atoms with Gasteiger partial charge in [-0.3, -0.25) is 5.43 Å². The zero-order chi connectivity index (χ0) is 16.1. The van der Waals surface area contributed by atoms with Gasteiger partial charge in [-0.15, -0.1) is 11.3 Å². The Kier molecular flexibility index (Phi) is 4.80. The average molecular weight is 327 g/mol. The molecule has 0 atom stereocenters. The highest BCUT2D eigenvalue weighted by atomic mass is 32.1. The minimum atomic E-state index is 0.746. The second-order valence-corrected chi connectivity index (χ2v) is 6.16. The summed E-state index contributed by atoms with van der Waals surface area (Å²) in [4.78, 5) is 10.5. The molecule has 0 saturated carbocycles. The fourth-order valence-corrected chi connectivity index (χ4v) is 2.83. The summed E-state index contributed by atoms with van der Waals surface area (Å²) in [5.74, 6) is 0.746. The van der Waals surface area contributed by atoms with E-state index in [1.54, 1.807) is 23.7 Å². The molecule has 118 valence electrons. The summed E-state index contributed by atoms with van der Waals surface area (Å²) in [7, 11) is 4.05. The van der Waals surface area contributed by atoms with Crippen molar-refractivity contribution in [2.24, 2.45) is 5.10 Å². The Balaban J connectivity index is 1.58. The van der Waals surface area contributed by atoms with Crippen LogP contribution >= 0.6 is 11.3 Å². The number of hydrazone groups is 1. The van der Waals surface area contributed by atoms with Crippen molar-refractivity contribution in [1.82, 2.24) is 14.9 Å². The van der Waals surface area contributed by atoms with Gasteiger partial charge in [-0.2, -0.15) is 5.10 Å². The Labute approximate surface area is 138 Å². The number of anilines is 1. The number of rotatable bonds is 6. The number of benzene rings is 1. The van der Waals surface area contributed by atoms with E-state index in [1.165, 1.54) is 6.39 Å². The predicted molar refractivity (Wildman–Crippen MR) is 92.7 cm³/mol. The first-order chi connectivity index (χ1) is 11.2. The van der Waals surface area contributed by atoms with E-state index in [1.807, 2.05) is 43.7 Å². The summed E-state index contributed by atoms with van der Waals surface area (Å²) in [6, 6.07) is 7.79. The normalized spacial score (nSPS) is 11.4. The van der Waals surface area contributed by atoms with Gasteiger partial charge in [-0.25, -0.2) is 9.97 Å². The van der Waals surface area contributed by atoms with E-state index >= 15 is 0 Å². The lowest BCUT2D eigenvalue weighted by molar-refractivity contribution is 0.401. The summed E-state index contributed by atoms with van der Waals surface area (Å²) in [5, 5.41) is 7.29. The molecule has 23 heavy (non-hydrogen) atoms. The van der Waals surface area contributed by atoms with Gasteiger partial charge in [-0.1, -0.05) is 0 Å². The number of thiazole rings is 1. The quantitative estimate of drug-likeness (QED) is 0.556. The molecule has 0 amide bonds. The van der Waals surface area contributed by atoms with Crippen molar-refractivity contribution in [3.63, 3.8) is 0 Å². The largest absolute Gasteiger partial charge is 0.444 e. The SMILES string of the molecule is CN(C)Cc1nc(/C=N/Nc2ccc(-c3cnco3)cc2)cs1. The van der Waals surface area contributed by atoms with Gasteiger partial charge in [0.25, 0.3) is 0 Å². The molecule has 0 spiro atoms. The van der Waals surface area contributed by atoms with Gasteiger partial charge >= 0.3 is 0 Å². The van der Waals surface area contributed by atoms with E-state index in [0.29, 0.717) is 0 Å². The molecular formula is C16H17N5OS. The Hall–Kier alpha value is -2.51. The third kappa shape index (κ3) is 4.24. The maximum atomic E-state index is 5.26. The highest BCUT2D eigenvalue weighted by Crippen LogP contribution is 2.20. The maximum Gasteiger partial charge on any atom is 0.181 e. The van der Waals surface area contributed by atoms with Crippen LogP contribution in [0.1, 0.15) is 10.7 Å². The summed E-state index contributed by atoms with van der Waals surface area (Å²) in [6.45, 7) is 0.842. The number of hydrogen-bond acceptors (Lipinski definition) is 7. The van der Waals surface area contributed by atoms with Crippen molar-refractivity contribution in [3.05, 3.63) is 52.9 Å². The van der Waals surface area contributed by atoms with E-state index in [-0.39, 0.29) is 0 Å². The van der Waals surface area contributed by atoms with E-state index in [0.717, 1.165) is 34.3 Å². The monoisotopic (exact) mass is 327 g/mol. The van der Waals surface area contributed by atoms with Crippen LogP contribution in [0.25, 0.3) is 11.3 Å². The molecule has 1 aromatic carbocycles. The van der Waals surface area contributed by atoms with Gasteiger partial charge in [0.15, 0.2) is 12.2 Å². The van der Waals surface area contributed by atoms with Crippen LogP contribution < -0.4 is 5.43 Å². The van der Waals surface area contributed by atoms with E-state index < -0.39 is 0 Å². The number of nitrogens with one attached hydrogen (secondary N) is 1. The molecular weight excluding hydrogens is 310 g/mol. The highest BCUT2D eigenvalue weighted by molar-refractivity contribution is 7.09. The standard InChI is InChI=1S/C16H17N5OS/c1-21(2)9-16-19-14(10-23-16)7-18-20-13-5-3-12(4-6-13)15-8-17-11-22-15/h3-8,10-11,20H,9H2,1-2H3/b18-7+. The van der Waals surface area contributed by atoms with Crippen LogP contribution in [-0.4, -0.2) is 35.2 Å². The molecule has 7 heteroatoms. The molecule has 2 heterocycles. The fourth-order valence-electron chi connectivity index (χ4n) is 1.97. The van der Waals surface area contributed by atoms with Crippen LogP contribution in [-0.2, 0) is 6.54 Å². The first-order valence-corrected chi connectivity index (χ1v) is 7.96. The molecule has 3 rings (SSSR count). The van der Waals surface area contributed by atoms with Crippen molar-refractivity contribution in [3.8, 4) is 11.3 Å². The van der Waals surface area contributed by atoms with Crippen LogP contribution in [0.2, 0.25) is 0 Å². The minimum absolute atomic E-state index is 0.746. The van der Waals surface area contributed by atoms with Crippen molar-refractivity contribution >= 4 is 23.2 Å². The smallest absolute Gasteiger partial charge is 0.181 e. The summed E-state index contributed by atoms with van der Waals surface area (Å²) >= 11 is 1.64. The van der Waals surface area contributed by atoms with Gasteiger partial charge in [0.1, 0.15) is 5.01 Å². The first-order valence-electron chi connectivity index (χ1n) is 7.08. The van der Waals surface area contributed by atoms with E-state index in [4.69, 9.17) is 4.42 Å². The zero-order valence-electron chi connectivity index (χ0n) is 12.9. The third-order valence-corrected chi connectivity index (χ3v) is 3.87. The van der Waals surface area contributed by atoms with Gasteiger partial charge in [0.05, 0.1) is 23.8 Å². The molecule has 0 fully saturated rings. The van der Waals surface area contributed by atoms with Crippen LogP contribution in [0.3, 0.4) is 0 Å². The second-order valence-electron chi connectivity index (χ2n) is 5.22. The topological polar surface area (TPSA) is 66.6 Å². The zero-order valence-corrected chi connectivity index (χ0v) is 13.7. The summed E-state index contributed by atoms with van der Waals surface area (Å²) in [5.41, 5.74) is 5.73. The molecule has 0 aliphatic rings. The maximum absolute atomic E-state index is 5.26. The highest BCUT2D eigenvalue weighted by Gasteiger charge is 2.02. The van der Waals surface area contributed by atoms with Gasteiger partial charge in [-0.05, 0) is 38.4 Å². The fraction of sp³-hybridized carbons (Fsp3) is 0.188. The molecule has 0 unspecified atom stereocenters. The summed E-state index contributed by atoms with van der Waals surface area (Å²) in [6.07, 6.45) is 4.83. The molecule has 1 N–H and O–H groups in total. The van der Waals surface area contributed by atoms with Gasteiger partial charge in [0, 0.05) is 17.5 Å². The minimum Gasteiger partial charge on any atom is -0.444 e. The predicted octanol–water partition coefficient (Wildman–Crippen LogP) is 3.31. The molecule has 0 saturated heterocycles. The Morgan fingerprint density at radius 1 is 1.30 bits per heavy atom. The molecule has 2 aromatic heterocycles. The van der Waals surface area contributed by atoms with Crippen molar-refractivity contribution in [1.29, 1.82) is 0 Å². The molecule has 0 radical (unpaired) electrons. The molecule has 0 aliphatic carbocycles. The molecule has 3 aromatic rings. The lowest BCUT2D eigenvalue weighted by atomic mass is 10.2. The Morgan fingerprint density at radius 2 is 2.13 bits per heavy atom. The molecule has 6 nitrogen and oxygen atoms in total. The molecule has 0 bridgehead atoms. The van der Waals surface area contributed by atoms with E-state index in [2.05, 4.69) is 25.4 Å². The number of aromatic nitrogens is 2. The lowest BCUT2D eigenvalue weighted by Crippen LogP contribution is -2.10. The average Bonchev–Trinajstić information content (AvgIpc) is 3.19. The molecule has 0 aliphatic heterocycles. The number of oxazole rings is 1. The van der Waals surface area contributed by atoms with Crippen molar-refractivity contribution in [2.75, 3.05) is 19.5 Å². The second kappa shape index (κ2) is 7.17. The van der Waals surface area contributed by atoms with Crippen LogP contribution in [0.15, 0.2) is 51.8 Å². The van der Waals surface area contributed by atoms with Crippen molar-refractivity contribution in [2.45, 2.75) is 6.54 Å². The van der Waals surface area contributed by atoms with Gasteiger partial charge in [0.2, 0.25) is 0 Å². The third-order valence-electron chi connectivity index (χ3n) is 3.01. The van der Waals surface area contributed by atoms with Gasteiger partial charge < -0.3 is 9.32 Å². The van der Waals surface area contributed by atoms with Crippen molar-refractivity contribution < 1.29 is 4.42 Å². The van der Waals surface area contributed by atoms with Crippen LogP contribution in [0.4, 0.5) is 5.69 Å². The lowest BCUT2D eigenvalue weighted by Gasteiger charge is -2.04.